The van der Waals surface area contributed by atoms with Crippen LogP contribution in [0, 0.1) is 6.92 Å². The maximum absolute atomic E-state index is 11.8. The summed E-state index contributed by atoms with van der Waals surface area (Å²) in [6, 6.07) is 3.62. The lowest BCUT2D eigenvalue weighted by molar-refractivity contribution is 0.191. The number of nitrogens with two attached hydrogens (primary N) is 1. The molecule has 0 aliphatic heterocycles. The van der Waals surface area contributed by atoms with Crippen molar-refractivity contribution in [3.05, 3.63) is 17.7 Å². The highest BCUT2D eigenvalue weighted by molar-refractivity contribution is 5.76. The number of anilines is 2. The number of nitrogen functional groups attached to an aromatic ring is 1. The van der Waals surface area contributed by atoms with E-state index in [1.54, 1.807) is 6.07 Å². The van der Waals surface area contributed by atoms with Crippen LogP contribution < -0.4 is 20.7 Å². The van der Waals surface area contributed by atoms with Gasteiger partial charge in [0, 0.05) is 30.9 Å². The molecule has 0 heterocycles. The van der Waals surface area contributed by atoms with Crippen LogP contribution in [0.1, 0.15) is 33.3 Å². The number of hydrogen-bond acceptors (Lipinski definition) is 4. The van der Waals surface area contributed by atoms with Crippen LogP contribution in [0.25, 0.3) is 0 Å². The smallest absolute Gasteiger partial charge is 0.408 e. The van der Waals surface area contributed by atoms with Crippen molar-refractivity contribution < 1.29 is 9.53 Å². The van der Waals surface area contributed by atoms with Gasteiger partial charge in [0.05, 0.1) is 5.69 Å². The first-order valence-corrected chi connectivity index (χ1v) is 6.75. The molecule has 0 atom stereocenters. The lowest BCUT2D eigenvalue weighted by atomic mass is 10.1. The highest BCUT2D eigenvalue weighted by Gasteiger charge is 2.17. The Kier molecular flexibility index (Phi) is 4.87. The van der Waals surface area contributed by atoms with E-state index in [2.05, 4.69) is 17.1 Å². The lowest BCUT2D eigenvalue weighted by Gasteiger charge is -2.23. The van der Waals surface area contributed by atoms with Gasteiger partial charge >= 0.3 is 6.09 Å². The van der Waals surface area contributed by atoms with Crippen molar-refractivity contribution in [2.24, 2.45) is 0 Å². The van der Waals surface area contributed by atoms with E-state index in [-0.39, 0.29) is 5.54 Å². The van der Waals surface area contributed by atoms with Crippen LogP contribution in [0.2, 0.25) is 0 Å². The minimum Gasteiger partial charge on any atom is -0.408 e. The van der Waals surface area contributed by atoms with Crippen molar-refractivity contribution in [2.75, 3.05) is 24.2 Å². The van der Waals surface area contributed by atoms with E-state index in [1.165, 1.54) is 0 Å². The first kappa shape index (κ1) is 16.1. The molecule has 1 aromatic carbocycles. The number of benzene rings is 1. The number of aryl methyl sites for hydroxylation is 1. The van der Waals surface area contributed by atoms with Gasteiger partial charge in [0.1, 0.15) is 0 Å². The van der Waals surface area contributed by atoms with Gasteiger partial charge in [-0.3, -0.25) is 0 Å². The topological polar surface area (TPSA) is 67.6 Å². The maximum Gasteiger partial charge on any atom is 0.413 e. The number of rotatable bonds is 3. The van der Waals surface area contributed by atoms with E-state index in [1.807, 2.05) is 40.8 Å². The van der Waals surface area contributed by atoms with Gasteiger partial charge in [0.15, 0.2) is 5.75 Å². The molecule has 5 heteroatoms. The zero-order valence-electron chi connectivity index (χ0n) is 13.2. The zero-order chi connectivity index (χ0) is 15.5. The molecule has 0 spiro atoms. The lowest BCUT2D eigenvalue weighted by Crippen LogP contribution is -2.42. The van der Waals surface area contributed by atoms with Crippen molar-refractivity contribution in [2.45, 2.75) is 40.2 Å². The third-order valence-electron chi connectivity index (χ3n) is 2.89. The third-order valence-corrected chi connectivity index (χ3v) is 2.89. The van der Waals surface area contributed by atoms with Crippen molar-refractivity contribution in [3.63, 3.8) is 0 Å². The van der Waals surface area contributed by atoms with E-state index in [0.29, 0.717) is 11.4 Å². The Morgan fingerprint density at radius 2 is 2.00 bits per heavy atom. The number of carbonyl (C=O) groups is 1. The Hall–Kier alpha value is -1.91. The molecule has 1 aromatic rings. The minimum absolute atomic E-state index is 0.348. The Balaban J connectivity index is 2.98. The molecule has 0 fully saturated rings. The predicted molar refractivity (Wildman–Crippen MR) is 83.4 cm³/mol. The van der Waals surface area contributed by atoms with Gasteiger partial charge in [-0.15, -0.1) is 0 Å². The Morgan fingerprint density at radius 3 is 2.50 bits per heavy atom. The fraction of sp³-hybridized carbons (Fsp3) is 0.533. The molecule has 3 N–H and O–H groups in total. The summed E-state index contributed by atoms with van der Waals surface area (Å²) < 4.78 is 5.31. The third kappa shape index (κ3) is 4.33. The average Bonchev–Trinajstić information content (AvgIpc) is 2.29. The van der Waals surface area contributed by atoms with Crippen molar-refractivity contribution >= 4 is 17.5 Å². The second kappa shape index (κ2) is 6.03. The second-order valence-corrected chi connectivity index (χ2v) is 5.96. The Labute approximate surface area is 121 Å². The summed E-state index contributed by atoms with van der Waals surface area (Å²) in [6.07, 6.45) is -0.502. The molecule has 1 rings (SSSR count). The van der Waals surface area contributed by atoms with Gasteiger partial charge in [-0.25, -0.2) is 4.79 Å². The normalized spacial score (nSPS) is 11.1. The number of amides is 1. The molecule has 0 saturated carbocycles. The first-order valence-electron chi connectivity index (χ1n) is 6.75. The minimum atomic E-state index is -0.502. The van der Waals surface area contributed by atoms with Gasteiger partial charge in [0.25, 0.3) is 0 Å². The standard InChI is InChI=1S/C15H25N3O2/c1-7-18(6)12-9-13(11(16)8-10(12)2)20-14(19)17-15(3,4)5/h8-9H,7,16H2,1-6H3,(H,17,19). The number of hydrogen-bond donors (Lipinski definition) is 2. The van der Waals surface area contributed by atoms with Crippen LogP contribution in [0.5, 0.6) is 5.75 Å². The Bertz CT molecular complexity index is 493. The monoisotopic (exact) mass is 279 g/mol. The average molecular weight is 279 g/mol. The molecule has 0 unspecified atom stereocenters. The summed E-state index contributed by atoms with van der Waals surface area (Å²) in [5.74, 6) is 0.382. The second-order valence-electron chi connectivity index (χ2n) is 5.96. The van der Waals surface area contributed by atoms with E-state index in [9.17, 15) is 4.79 Å². The molecular weight excluding hydrogens is 254 g/mol. The molecule has 0 bridgehead atoms. The van der Waals surface area contributed by atoms with Crippen molar-refractivity contribution in [3.8, 4) is 5.75 Å². The van der Waals surface area contributed by atoms with Gasteiger partial charge in [-0.05, 0) is 46.2 Å². The number of nitrogens with zero attached hydrogens (tertiary/aromatic N) is 1. The van der Waals surface area contributed by atoms with Crippen LogP contribution in [0.4, 0.5) is 16.2 Å². The molecule has 0 radical (unpaired) electrons. The summed E-state index contributed by atoms with van der Waals surface area (Å²) in [5.41, 5.74) is 8.08. The number of carbonyl (C=O) groups excluding carboxylic acids is 1. The molecule has 112 valence electrons. The molecule has 0 aliphatic carbocycles. The van der Waals surface area contributed by atoms with E-state index >= 15 is 0 Å². The van der Waals surface area contributed by atoms with Crippen molar-refractivity contribution in [1.82, 2.24) is 5.32 Å². The van der Waals surface area contributed by atoms with E-state index in [0.717, 1.165) is 17.8 Å². The van der Waals surface area contributed by atoms with Crippen LogP contribution in [0.15, 0.2) is 12.1 Å². The van der Waals surface area contributed by atoms with Gasteiger partial charge in [-0.2, -0.15) is 0 Å². The summed E-state index contributed by atoms with van der Waals surface area (Å²) in [4.78, 5) is 13.9. The predicted octanol–water partition coefficient (Wildman–Crippen LogP) is 2.92. The first-order chi connectivity index (χ1) is 9.14. The quantitative estimate of drug-likeness (QED) is 0.835. The maximum atomic E-state index is 11.8. The van der Waals surface area contributed by atoms with E-state index < -0.39 is 6.09 Å². The van der Waals surface area contributed by atoms with Crippen LogP contribution in [-0.2, 0) is 0 Å². The largest absolute Gasteiger partial charge is 0.413 e. The SMILES string of the molecule is CCN(C)c1cc(OC(=O)NC(C)(C)C)c(N)cc1C. The fourth-order valence-electron chi connectivity index (χ4n) is 1.80. The van der Waals surface area contributed by atoms with Gasteiger partial charge in [-0.1, -0.05) is 0 Å². The van der Waals surface area contributed by atoms with Crippen LogP contribution >= 0.6 is 0 Å². The summed E-state index contributed by atoms with van der Waals surface area (Å²) in [6.45, 7) is 10.6. The van der Waals surface area contributed by atoms with Gasteiger partial charge in [0.2, 0.25) is 0 Å². The summed E-state index contributed by atoms with van der Waals surface area (Å²) in [5, 5.41) is 2.74. The number of ether oxygens (including phenoxy) is 1. The Morgan fingerprint density at radius 1 is 1.40 bits per heavy atom. The summed E-state index contributed by atoms with van der Waals surface area (Å²) in [7, 11) is 1.98. The molecule has 0 aromatic heterocycles. The molecule has 0 saturated heterocycles. The van der Waals surface area contributed by atoms with E-state index in [4.69, 9.17) is 10.5 Å². The van der Waals surface area contributed by atoms with Crippen LogP contribution in [0.3, 0.4) is 0 Å². The van der Waals surface area contributed by atoms with Crippen molar-refractivity contribution in [1.29, 1.82) is 0 Å². The van der Waals surface area contributed by atoms with Gasteiger partial charge < -0.3 is 20.7 Å². The number of nitrogens with one attached hydrogen (secondary N) is 1. The summed E-state index contributed by atoms with van der Waals surface area (Å²) >= 11 is 0. The fourth-order valence-corrected chi connectivity index (χ4v) is 1.80. The highest BCUT2D eigenvalue weighted by atomic mass is 16.6. The molecular formula is C15H25N3O2. The van der Waals surface area contributed by atoms with Crippen LogP contribution in [-0.4, -0.2) is 25.2 Å². The zero-order valence-corrected chi connectivity index (χ0v) is 13.2. The molecule has 20 heavy (non-hydrogen) atoms. The molecule has 1 amide bonds. The highest BCUT2D eigenvalue weighted by Crippen LogP contribution is 2.31. The molecule has 5 nitrogen and oxygen atoms in total. The molecule has 0 aliphatic rings.